The van der Waals surface area contributed by atoms with E-state index in [4.69, 9.17) is 13.9 Å². The molecule has 1 amide bonds. The van der Waals surface area contributed by atoms with Gasteiger partial charge >= 0.3 is 0 Å². The Kier molecular flexibility index (Phi) is 6.22. The molecule has 0 fully saturated rings. The van der Waals surface area contributed by atoms with Crippen molar-refractivity contribution in [2.24, 2.45) is 0 Å². The summed E-state index contributed by atoms with van der Waals surface area (Å²) >= 11 is 0. The zero-order chi connectivity index (χ0) is 26.1. The average Bonchev–Trinajstić information content (AvgIpc) is 3.47. The molecule has 5 aromatic rings. The van der Waals surface area contributed by atoms with E-state index in [1.165, 1.54) is 0 Å². The molecule has 1 aromatic heterocycles. The quantitative estimate of drug-likeness (QED) is 0.237. The number of rotatable bonds is 8. The van der Waals surface area contributed by atoms with E-state index in [2.05, 4.69) is 17.4 Å². The van der Waals surface area contributed by atoms with E-state index < -0.39 is 0 Å². The molecule has 1 atom stereocenters. The van der Waals surface area contributed by atoms with Gasteiger partial charge in [0.2, 0.25) is 0 Å². The smallest absolute Gasteiger partial charge is 0.275 e. The van der Waals surface area contributed by atoms with Gasteiger partial charge in [-0.25, -0.2) is 0 Å². The maximum atomic E-state index is 13.8. The lowest BCUT2D eigenvalue weighted by atomic mass is 10.0. The molecule has 190 valence electrons. The largest absolute Gasteiger partial charge is 0.494 e. The lowest BCUT2D eigenvalue weighted by Gasteiger charge is -2.25. The van der Waals surface area contributed by atoms with Crippen LogP contribution < -0.4 is 19.7 Å². The molecular weight excluding hydrogens is 476 g/mol. The number of anilines is 2. The summed E-state index contributed by atoms with van der Waals surface area (Å²) < 4.78 is 17.2. The van der Waals surface area contributed by atoms with Crippen LogP contribution in [0.4, 0.5) is 11.4 Å². The van der Waals surface area contributed by atoms with Crippen LogP contribution in [0.1, 0.15) is 25.5 Å². The summed E-state index contributed by atoms with van der Waals surface area (Å²) in [6.07, 6.45) is 1.98. The Labute approximate surface area is 221 Å². The lowest BCUT2D eigenvalue weighted by Crippen LogP contribution is -2.30. The Morgan fingerprint density at radius 1 is 0.789 bits per heavy atom. The highest BCUT2D eigenvalue weighted by Gasteiger charge is 2.35. The van der Waals surface area contributed by atoms with Gasteiger partial charge < -0.3 is 19.2 Å². The molecule has 0 radical (unpaired) electrons. The molecule has 6 heteroatoms. The SMILES string of the molecule is CCOc1ccc(NC2=CC(c3ccc4oc5ccccc5c4c3)N(c3ccc(OCC)cc3)C2=O)cc1. The second-order valence-corrected chi connectivity index (χ2v) is 9.06. The summed E-state index contributed by atoms with van der Waals surface area (Å²) in [5.41, 5.74) is 4.79. The molecule has 1 aliphatic heterocycles. The first-order valence-electron chi connectivity index (χ1n) is 12.8. The zero-order valence-corrected chi connectivity index (χ0v) is 21.3. The van der Waals surface area contributed by atoms with Gasteiger partial charge in [0.15, 0.2) is 0 Å². The van der Waals surface area contributed by atoms with Crippen LogP contribution >= 0.6 is 0 Å². The van der Waals surface area contributed by atoms with Crippen LogP contribution in [-0.2, 0) is 4.79 Å². The highest BCUT2D eigenvalue weighted by atomic mass is 16.5. The number of para-hydroxylation sites is 1. The highest BCUT2D eigenvalue weighted by Crippen LogP contribution is 2.39. The van der Waals surface area contributed by atoms with Crippen LogP contribution in [0.25, 0.3) is 21.9 Å². The molecule has 1 unspecified atom stereocenters. The van der Waals surface area contributed by atoms with Gasteiger partial charge in [-0.05, 0) is 92.2 Å². The predicted molar refractivity (Wildman–Crippen MR) is 151 cm³/mol. The number of nitrogens with zero attached hydrogens (tertiary/aromatic N) is 1. The summed E-state index contributed by atoms with van der Waals surface area (Å²) in [6, 6.07) is 29.1. The number of hydrogen-bond acceptors (Lipinski definition) is 5. The number of furan rings is 1. The first-order valence-corrected chi connectivity index (χ1v) is 12.8. The van der Waals surface area contributed by atoms with Gasteiger partial charge in [-0.15, -0.1) is 0 Å². The van der Waals surface area contributed by atoms with Crippen molar-refractivity contribution in [3.8, 4) is 11.5 Å². The van der Waals surface area contributed by atoms with Gasteiger partial charge in [0, 0.05) is 22.1 Å². The number of carbonyl (C=O) groups excluding carboxylic acids is 1. The Morgan fingerprint density at radius 3 is 2.16 bits per heavy atom. The molecular formula is C32H28N2O4. The van der Waals surface area contributed by atoms with Crippen LogP contribution in [0, 0.1) is 0 Å². The van der Waals surface area contributed by atoms with Gasteiger partial charge in [-0.2, -0.15) is 0 Å². The van der Waals surface area contributed by atoms with Crippen molar-refractivity contribution in [3.63, 3.8) is 0 Å². The molecule has 4 aromatic carbocycles. The van der Waals surface area contributed by atoms with Crippen LogP contribution in [0.5, 0.6) is 11.5 Å². The summed E-state index contributed by atoms with van der Waals surface area (Å²) in [5, 5.41) is 5.40. The van der Waals surface area contributed by atoms with E-state index in [0.717, 1.165) is 50.4 Å². The Bertz CT molecular complexity index is 1630. The Hall–Kier alpha value is -4.71. The molecule has 1 aliphatic rings. The number of carbonyl (C=O) groups is 1. The molecule has 0 saturated heterocycles. The number of amides is 1. The number of hydrogen-bond donors (Lipinski definition) is 1. The fraction of sp³-hybridized carbons (Fsp3) is 0.156. The molecule has 2 heterocycles. The minimum Gasteiger partial charge on any atom is -0.494 e. The number of ether oxygens (including phenoxy) is 2. The van der Waals surface area contributed by atoms with Crippen molar-refractivity contribution in [3.05, 3.63) is 108 Å². The number of nitrogens with one attached hydrogen (secondary N) is 1. The molecule has 0 spiro atoms. The van der Waals surface area contributed by atoms with Gasteiger partial charge in [-0.1, -0.05) is 24.3 Å². The third-order valence-electron chi connectivity index (χ3n) is 6.66. The van der Waals surface area contributed by atoms with E-state index >= 15 is 0 Å². The normalized spacial score (nSPS) is 15.2. The maximum absolute atomic E-state index is 13.8. The topological polar surface area (TPSA) is 63.9 Å². The third-order valence-corrected chi connectivity index (χ3v) is 6.66. The molecule has 0 saturated carbocycles. The Balaban J connectivity index is 1.40. The minimum atomic E-state index is -0.302. The molecule has 0 bridgehead atoms. The van der Waals surface area contributed by atoms with Crippen molar-refractivity contribution in [1.82, 2.24) is 0 Å². The Morgan fingerprint density at radius 2 is 1.45 bits per heavy atom. The second kappa shape index (κ2) is 9.98. The third kappa shape index (κ3) is 4.34. The first-order chi connectivity index (χ1) is 18.6. The van der Waals surface area contributed by atoms with E-state index in [-0.39, 0.29) is 11.9 Å². The van der Waals surface area contributed by atoms with Crippen LogP contribution in [0.3, 0.4) is 0 Å². The zero-order valence-electron chi connectivity index (χ0n) is 21.3. The maximum Gasteiger partial charge on any atom is 0.275 e. The van der Waals surface area contributed by atoms with Crippen LogP contribution in [0.15, 0.2) is 107 Å². The average molecular weight is 505 g/mol. The fourth-order valence-electron chi connectivity index (χ4n) is 4.93. The van der Waals surface area contributed by atoms with Crippen molar-refractivity contribution >= 4 is 39.2 Å². The van der Waals surface area contributed by atoms with Crippen molar-refractivity contribution in [2.45, 2.75) is 19.9 Å². The van der Waals surface area contributed by atoms with Crippen molar-refractivity contribution < 1.29 is 18.7 Å². The van der Waals surface area contributed by atoms with Gasteiger partial charge in [0.1, 0.15) is 28.4 Å². The predicted octanol–water partition coefficient (Wildman–Crippen LogP) is 7.47. The fourth-order valence-corrected chi connectivity index (χ4v) is 4.93. The van der Waals surface area contributed by atoms with E-state index in [1.807, 2.05) is 104 Å². The first kappa shape index (κ1) is 23.7. The summed E-state index contributed by atoms with van der Waals surface area (Å²) in [5.74, 6) is 1.45. The number of fused-ring (bicyclic) bond motifs is 3. The standard InChI is InChI=1S/C32H28N2O4/c1-3-36-24-14-10-22(11-15-24)33-28-20-29(34(32(28)35)23-12-16-25(17-13-23)37-4-2)21-9-18-31-27(19-21)26-7-5-6-8-30(26)38-31/h5-20,29,33H,3-4H2,1-2H3. The second-order valence-electron chi connectivity index (χ2n) is 9.06. The monoisotopic (exact) mass is 504 g/mol. The van der Waals surface area contributed by atoms with Crippen molar-refractivity contribution in [1.29, 1.82) is 0 Å². The molecule has 6 rings (SSSR count). The van der Waals surface area contributed by atoms with Crippen LogP contribution in [-0.4, -0.2) is 19.1 Å². The van der Waals surface area contributed by atoms with E-state index in [9.17, 15) is 4.79 Å². The van der Waals surface area contributed by atoms with Crippen LogP contribution in [0.2, 0.25) is 0 Å². The molecule has 38 heavy (non-hydrogen) atoms. The molecule has 1 N–H and O–H groups in total. The van der Waals surface area contributed by atoms with Gasteiger partial charge in [0.25, 0.3) is 5.91 Å². The van der Waals surface area contributed by atoms with E-state index in [0.29, 0.717) is 18.9 Å². The summed E-state index contributed by atoms with van der Waals surface area (Å²) in [4.78, 5) is 15.6. The molecule has 0 aliphatic carbocycles. The van der Waals surface area contributed by atoms with Gasteiger partial charge in [-0.3, -0.25) is 9.69 Å². The minimum absolute atomic E-state index is 0.106. The molecule has 6 nitrogen and oxygen atoms in total. The summed E-state index contributed by atoms with van der Waals surface area (Å²) in [7, 11) is 0. The number of benzene rings is 4. The van der Waals surface area contributed by atoms with Crippen molar-refractivity contribution in [2.75, 3.05) is 23.4 Å². The van der Waals surface area contributed by atoms with E-state index in [1.54, 1.807) is 0 Å². The lowest BCUT2D eigenvalue weighted by molar-refractivity contribution is -0.114. The highest BCUT2D eigenvalue weighted by molar-refractivity contribution is 6.11. The van der Waals surface area contributed by atoms with Gasteiger partial charge in [0.05, 0.1) is 19.3 Å². The summed E-state index contributed by atoms with van der Waals surface area (Å²) in [6.45, 7) is 5.09.